The van der Waals surface area contributed by atoms with E-state index in [9.17, 15) is 18.0 Å². The molecule has 2 amide bonds. The number of aromatic nitrogens is 3. The molecule has 0 aliphatic carbocycles. The number of halogens is 3. The van der Waals surface area contributed by atoms with Gasteiger partial charge in [0, 0.05) is 29.6 Å². The summed E-state index contributed by atoms with van der Waals surface area (Å²) in [5.74, 6) is 1.95. The van der Waals surface area contributed by atoms with Crippen molar-refractivity contribution in [2.75, 3.05) is 24.3 Å². The number of rotatable bonds is 8. The SMILES string of the molecule is COc1ccc(C(C)C)c(N2CCS/C2=N\C(=O)NC(C)(C)c2ccc(-c3ncn(-c4ccc(OC(F)(F)F)cc4)n3)cc2)c1. The van der Waals surface area contributed by atoms with Crippen molar-refractivity contribution in [1.82, 2.24) is 20.1 Å². The summed E-state index contributed by atoms with van der Waals surface area (Å²) >= 11 is 1.54. The fourth-order valence-corrected chi connectivity index (χ4v) is 5.85. The van der Waals surface area contributed by atoms with Crippen molar-refractivity contribution in [2.45, 2.75) is 45.5 Å². The van der Waals surface area contributed by atoms with Gasteiger partial charge in [-0.25, -0.2) is 14.5 Å². The number of nitrogens with one attached hydrogen (secondary N) is 1. The lowest BCUT2D eigenvalue weighted by atomic mass is 9.93. The van der Waals surface area contributed by atoms with Gasteiger partial charge >= 0.3 is 12.4 Å². The number of hydrogen-bond donors (Lipinski definition) is 1. The van der Waals surface area contributed by atoms with Crippen LogP contribution in [0.2, 0.25) is 0 Å². The monoisotopic (exact) mass is 638 g/mol. The molecule has 5 rings (SSSR count). The third-order valence-corrected chi connectivity index (χ3v) is 8.19. The van der Waals surface area contributed by atoms with E-state index in [1.165, 1.54) is 47.0 Å². The van der Waals surface area contributed by atoms with Crippen molar-refractivity contribution in [3.63, 3.8) is 0 Å². The highest BCUT2D eigenvalue weighted by Gasteiger charge is 2.31. The number of anilines is 1. The Morgan fingerprint density at radius 3 is 2.36 bits per heavy atom. The first-order chi connectivity index (χ1) is 21.3. The Bertz CT molecular complexity index is 1690. The molecule has 1 aliphatic heterocycles. The minimum absolute atomic E-state index is 0.283. The molecule has 0 radical (unpaired) electrons. The van der Waals surface area contributed by atoms with Crippen molar-refractivity contribution in [2.24, 2.45) is 4.99 Å². The molecule has 0 saturated carbocycles. The maximum atomic E-state index is 13.2. The van der Waals surface area contributed by atoms with E-state index in [0.717, 1.165) is 40.4 Å². The molecular formula is C32H33F3N6O3S. The summed E-state index contributed by atoms with van der Waals surface area (Å²) in [6.45, 7) is 8.80. The number of aliphatic imine (C=N–C) groups is 1. The fourth-order valence-electron chi connectivity index (χ4n) is 4.90. The first-order valence-corrected chi connectivity index (χ1v) is 15.2. The molecular weight excluding hydrogens is 605 g/mol. The highest BCUT2D eigenvalue weighted by molar-refractivity contribution is 8.14. The van der Waals surface area contributed by atoms with E-state index in [0.29, 0.717) is 16.7 Å². The number of hydrogen-bond acceptors (Lipinski definition) is 6. The normalized spacial score (nSPS) is 14.7. The van der Waals surface area contributed by atoms with Crippen LogP contribution in [0.5, 0.6) is 11.5 Å². The molecule has 3 aromatic carbocycles. The second kappa shape index (κ2) is 12.8. The molecule has 0 unspecified atom stereocenters. The Balaban J connectivity index is 1.27. The third kappa shape index (κ3) is 7.59. The van der Waals surface area contributed by atoms with Gasteiger partial charge in [0.1, 0.15) is 17.8 Å². The molecule has 4 aromatic rings. The van der Waals surface area contributed by atoms with E-state index in [1.807, 2.05) is 50.2 Å². The minimum atomic E-state index is -4.76. The predicted molar refractivity (Wildman–Crippen MR) is 169 cm³/mol. The molecule has 1 aliphatic rings. The van der Waals surface area contributed by atoms with Crippen LogP contribution >= 0.6 is 11.8 Å². The molecule has 0 atom stereocenters. The van der Waals surface area contributed by atoms with E-state index in [4.69, 9.17) is 4.74 Å². The number of ether oxygens (including phenoxy) is 2. The molecule has 1 fully saturated rings. The van der Waals surface area contributed by atoms with E-state index < -0.39 is 17.9 Å². The first kappa shape index (κ1) is 31.9. The lowest BCUT2D eigenvalue weighted by molar-refractivity contribution is -0.274. The van der Waals surface area contributed by atoms with Gasteiger partial charge < -0.3 is 19.7 Å². The van der Waals surface area contributed by atoms with E-state index >= 15 is 0 Å². The van der Waals surface area contributed by atoms with Crippen molar-refractivity contribution < 1.29 is 27.4 Å². The van der Waals surface area contributed by atoms with Crippen LogP contribution in [0.15, 0.2) is 78.0 Å². The minimum Gasteiger partial charge on any atom is -0.497 e. The number of benzene rings is 3. The summed E-state index contributed by atoms with van der Waals surface area (Å²) in [5, 5.41) is 8.12. The molecule has 236 valence electrons. The number of carbonyl (C=O) groups excluding carboxylic acids is 1. The summed E-state index contributed by atoms with van der Waals surface area (Å²) in [6.07, 6.45) is -3.28. The number of thioether (sulfide) groups is 1. The highest BCUT2D eigenvalue weighted by atomic mass is 32.2. The summed E-state index contributed by atoms with van der Waals surface area (Å²) < 4.78 is 48.2. The van der Waals surface area contributed by atoms with Crippen molar-refractivity contribution in [3.8, 4) is 28.6 Å². The molecule has 0 bridgehead atoms. The van der Waals surface area contributed by atoms with Crippen LogP contribution in [0.25, 0.3) is 17.1 Å². The molecule has 1 saturated heterocycles. The maximum absolute atomic E-state index is 13.2. The van der Waals surface area contributed by atoms with Gasteiger partial charge in [0.25, 0.3) is 0 Å². The second-order valence-corrected chi connectivity index (χ2v) is 12.2. The molecule has 45 heavy (non-hydrogen) atoms. The molecule has 1 N–H and O–H groups in total. The number of amidine groups is 1. The molecule has 13 heteroatoms. The van der Waals surface area contributed by atoms with Crippen molar-refractivity contribution in [3.05, 3.63) is 84.2 Å². The predicted octanol–water partition coefficient (Wildman–Crippen LogP) is 7.52. The van der Waals surface area contributed by atoms with Crippen LogP contribution in [0.3, 0.4) is 0 Å². The van der Waals surface area contributed by atoms with E-state index in [2.05, 4.69) is 49.9 Å². The van der Waals surface area contributed by atoms with Gasteiger partial charge in [-0.15, -0.1) is 18.3 Å². The number of amides is 2. The quantitative estimate of drug-likeness (QED) is 0.213. The largest absolute Gasteiger partial charge is 0.573 e. The van der Waals surface area contributed by atoms with E-state index in [1.54, 1.807) is 7.11 Å². The van der Waals surface area contributed by atoms with Gasteiger partial charge in [0.15, 0.2) is 11.0 Å². The lowest BCUT2D eigenvalue weighted by Crippen LogP contribution is -2.40. The van der Waals surface area contributed by atoms with Crippen LogP contribution in [0.1, 0.15) is 44.7 Å². The summed E-state index contributed by atoms with van der Waals surface area (Å²) in [6, 6.07) is 18.3. The fraction of sp³-hybridized carbons (Fsp3) is 0.312. The van der Waals surface area contributed by atoms with Crippen LogP contribution in [0, 0.1) is 0 Å². The number of nitrogens with zero attached hydrogens (tertiary/aromatic N) is 5. The summed E-state index contributed by atoms with van der Waals surface area (Å²) in [5.41, 5.74) is 3.51. The van der Waals surface area contributed by atoms with Gasteiger partial charge in [-0.2, -0.15) is 4.99 Å². The Kier molecular flexibility index (Phi) is 9.10. The lowest BCUT2D eigenvalue weighted by Gasteiger charge is -2.27. The van der Waals surface area contributed by atoms with Crippen molar-refractivity contribution in [1.29, 1.82) is 0 Å². The van der Waals surface area contributed by atoms with Gasteiger partial charge in [-0.05, 0) is 61.2 Å². The smallest absolute Gasteiger partial charge is 0.497 e. The van der Waals surface area contributed by atoms with Gasteiger partial charge in [-0.3, -0.25) is 0 Å². The second-order valence-electron chi connectivity index (χ2n) is 11.2. The standard InChI is InChI=1S/C32H33F3N6O3S/c1-20(2)26-15-14-25(43-5)18-27(26)40-16-17-45-30(40)37-29(42)38-31(3,4)22-8-6-21(7-9-22)28-36-19-41(39-28)23-10-12-24(13-11-23)44-32(33,34)35/h6-15,18-20H,16-17H2,1-5H3,(H,38,42)/b37-30-. The number of methoxy groups -OCH3 is 1. The van der Waals surface area contributed by atoms with Crippen LogP contribution in [-0.2, 0) is 5.54 Å². The Hall–Kier alpha value is -4.52. The average molecular weight is 639 g/mol. The molecule has 0 spiro atoms. The molecule has 9 nitrogen and oxygen atoms in total. The summed E-state index contributed by atoms with van der Waals surface area (Å²) in [7, 11) is 1.63. The number of carbonyl (C=O) groups is 1. The zero-order valence-electron chi connectivity index (χ0n) is 25.4. The number of alkyl halides is 3. The topological polar surface area (TPSA) is 93.9 Å². The first-order valence-electron chi connectivity index (χ1n) is 14.2. The molecule has 2 heterocycles. The van der Waals surface area contributed by atoms with Crippen LogP contribution in [0.4, 0.5) is 23.7 Å². The van der Waals surface area contributed by atoms with Gasteiger partial charge in [0.05, 0.1) is 18.3 Å². The Morgan fingerprint density at radius 2 is 1.71 bits per heavy atom. The zero-order chi connectivity index (χ0) is 32.4. The van der Waals surface area contributed by atoms with Crippen LogP contribution in [-0.4, -0.2) is 51.7 Å². The van der Waals surface area contributed by atoms with Gasteiger partial charge in [-0.1, -0.05) is 55.9 Å². The van der Waals surface area contributed by atoms with E-state index in [-0.39, 0.29) is 11.7 Å². The maximum Gasteiger partial charge on any atom is 0.573 e. The van der Waals surface area contributed by atoms with Crippen molar-refractivity contribution >= 4 is 28.6 Å². The molecule has 1 aromatic heterocycles. The Labute approximate surface area is 263 Å². The third-order valence-electron chi connectivity index (χ3n) is 7.24. The zero-order valence-corrected chi connectivity index (χ0v) is 26.2. The number of urea groups is 1. The van der Waals surface area contributed by atoms with Gasteiger partial charge in [0.2, 0.25) is 0 Å². The Morgan fingerprint density at radius 1 is 1.02 bits per heavy atom. The van der Waals surface area contributed by atoms with Crippen LogP contribution < -0.4 is 19.7 Å². The average Bonchev–Trinajstić information content (AvgIpc) is 3.66. The highest BCUT2D eigenvalue weighted by Crippen LogP contribution is 2.35. The summed E-state index contributed by atoms with van der Waals surface area (Å²) in [4.78, 5) is 24.0.